The van der Waals surface area contributed by atoms with Gasteiger partial charge in [0.1, 0.15) is 12.1 Å². The second-order valence-electron chi connectivity index (χ2n) is 5.43. The molecule has 22 heavy (non-hydrogen) atoms. The van der Waals surface area contributed by atoms with Crippen molar-refractivity contribution in [1.82, 2.24) is 9.97 Å². The smallest absolute Gasteiger partial charge is 0.137 e. The number of fused-ring (bicyclic) bond motifs is 1. The Kier molecular flexibility index (Phi) is 4.30. The van der Waals surface area contributed by atoms with Gasteiger partial charge in [0.2, 0.25) is 0 Å². The Bertz CT molecular complexity index is 740. The normalized spacial score (nSPS) is 13.7. The van der Waals surface area contributed by atoms with Crippen LogP contribution in [0.25, 0.3) is 10.9 Å². The maximum absolute atomic E-state index is 10.4. The van der Waals surface area contributed by atoms with Crippen LogP contribution in [0.4, 0.5) is 5.82 Å². The number of para-hydroxylation sites is 1. The van der Waals surface area contributed by atoms with Crippen LogP contribution in [-0.2, 0) is 6.42 Å². The molecule has 3 aromatic rings. The fourth-order valence-electron chi connectivity index (χ4n) is 2.46. The number of hydrogen-bond acceptors (Lipinski definition) is 4. The van der Waals surface area contributed by atoms with Crippen molar-refractivity contribution < 1.29 is 5.11 Å². The van der Waals surface area contributed by atoms with E-state index in [1.165, 1.54) is 0 Å². The highest BCUT2D eigenvalue weighted by Crippen LogP contribution is 2.20. The molecular weight excluding hydrogens is 274 g/mol. The molecular formula is C18H19N3O. The second-order valence-corrected chi connectivity index (χ2v) is 5.43. The molecule has 1 aromatic heterocycles. The zero-order chi connectivity index (χ0) is 15.4. The maximum atomic E-state index is 10.4. The van der Waals surface area contributed by atoms with E-state index in [0.717, 1.165) is 22.3 Å². The predicted octanol–water partition coefficient (Wildman–Crippen LogP) is 3.03. The van der Waals surface area contributed by atoms with Gasteiger partial charge in [-0.25, -0.2) is 9.97 Å². The van der Waals surface area contributed by atoms with E-state index in [0.29, 0.717) is 6.42 Å². The van der Waals surface area contributed by atoms with E-state index in [4.69, 9.17) is 0 Å². The zero-order valence-corrected chi connectivity index (χ0v) is 12.5. The lowest BCUT2D eigenvalue weighted by atomic mass is 10.0. The first-order valence-corrected chi connectivity index (χ1v) is 7.42. The monoisotopic (exact) mass is 293 g/mol. The number of anilines is 1. The first-order valence-electron chi connectivity index (χ1n) is 7.42. The van der Waals surface area contributed by atoms with E-state index in [1.807, 2.05) is 61.5 Å². The molecule has 4 nitrogen and oxygen atoms in total. The van der Waals surface area contributed by atoms with E-state index in [2.05, 4.69) is 15.3 Å². The Morgan fingerprint density at radius 3 is 2.55 bits per heavy atom. The van der Waals surface area contributed by atoms with E-state index in [9.17, 15) is 5.11 Å². The predicted molar refractivity (Wildman–Crippen MR) is 88.8 cm³/mol. The Morgan fingerprint density at radius 1 is 1.00 bits per heavy atom. The molecule has 4 heteroatoms. The highest BCUT2D eigenvalue weighted by Gasteiger charge is 2.16. The molecule has 112 valence electrons. The summed E-state index contributed by atoms with van der Waals surface area (Å²) in [6.45, 7) is 1.96. The first kappa shape index (κ1) is 14.5. The summed E-state index contributed by atoms with van der Waals surface area (Å²) in [4.78, 5) is 8.55. The maximum Gasteiger partial charge on any atom is 0.137 e. The topological polar surface area (TPSA) is 58.0 Å². The molecule has 1 heterocycles. The van der Waals surface area contributed by atoms with Crippen molar-refractivity contribution in [2.75, 3.05) is 5.32 Å². The van der Waals surface area contributed by atoms with Gasteiger partial charge in [-0.1, -0.05) is 42.5 Å². The molecule has 3 rings (SSSR count). The second kappa shape index (κ2) is 6.54. The van der Waals surface area contributed by atoms with Crippen molar-refractivity contribution in [2.24, 2.45) is 0 Å². The number of nitrogens with one attached hydrogen (secondary N) is 1. The van der Waals surface area contributed by atoms with Crippen LogP contribution < -0.4 is 5.32 Å². The van der Waals surface area contributed by atoms with Crippen molar-refractivity contribution >= 4 is 16.7 Å². The number of hydrogen-bond donors (Lipinski definition) is 2. The van der Waals surface area contributed by atoms with E-state index < -0.39 is 6.10 Å². The lowest BCUT2D eigenvalue weighted by Gasteiger charge is -2.21. The van der Waals surface area contributed by atoms with E-state index in [-0.39, 0.29) is 6.04 Å². The summed E-state index contributed by atoms with van der Waals surface area (Å²) in [5.41, 5.74) is 2.01. The van der Waals surface area contributed by atoms with Gasteiger partial charge in [0, 0.05) is 11.8 Å². The molecule has 0 saturated carbocycles. The third-order valence-electron chi connectivity index (χ3n) is 3.77. The summed E-state index contributed by atoms with van der Waals surface area (Å²) in [5, 5.41) is 14.7. The molecule has 2 N–H and O–H groups in total. The Labute approximate surface area is 129 Å². The molecule has 2 aromatic carbocycles. The van der Waals surface area contributed by atoms with Crippen molar-refractivity contribution in [3.63, 3.8) is 0 Å². The molecule has 0 bridgehead atoms. The quantitative estimate of drug-likeness (QED) is 0.759. The minimum Gasteiger partial charge on any atom is -0.391 e. The van der Waals surface area contributed by atoms with Crippen LogP contribution in [0, 0.1) is 0 Å². The fraction of sp³-hybridized carbons (Fsp3) is 0.222. The summed E-state index contributed by atoms with van der Waals surface area (Å²) in [7, 11) is 0. The van der Waals surface area contributed by atoms with Crippen molar-refractivity contribution in [3.05, 3.63) is 66.5 Å². The van der Waals surface area contributed by atoms with Crippen LogP contribution in [0.2, 0.25) is 0 Å². The molecule has 0 spiro atoms. The molecule has 2 unspecified atom stereocenters. The SMILES string of the molecule is CC(Nc1ncnc2ccccc12)C(O)Cc1ccccc1. The molecule has 0 fully saturated rings. The fourth-order valence-corrected chi connectivity index (χ4v) is 2.46. The van der Waals surface area contributed by atoms with Gasteiger partial charge in [-0.2, -0.15) is 0 Å². The number of benzene rings is 2. The highest BCUT2D eigenvalue weighted by molar-refractivity contribution is 5.88. The van der Waals surface area contributed by atoms with Crippen LogP contribution in [0.15, 0.2) is 60.9 Å². The molecule has 0 amide bonds. The number of aliphatic hydroxyl groups excluding tert-OH is 1. The lowest BCUT2D eigenvalue weighted by molar-refractivity contribution is 0.158. The highest BCUT2D eigenvalue weighted by atomic mass is 16.3. The van der Waals surface area contributed by atoms with E-state index in [1.54, 1.807) is 6.33 Å². The first-order chi connectivity index (χ1) is 10.7. The van der Waals surface area contributed by atoms with Crippen LogP contribution in [0.5, 0.6) is 0 Å². The van der Waals surface area contributed by atoms with Crippen molar-refractivity contribution in [3.8, 4) is 0 Å². The summed E-state index contributed by atoms with van der Waals surface area (Å²) in [5.74, 6) is 0.755. The standard InChI is InChI=1S/C18H19N3O/c1-13(17(22)11-14-7-3-2-4-8-14)21-18-15-9-5-6-10-16(15)19-12-20-18/h2-10,12-13,17,22H,11H2,1H3,(H,19,20,21). The van der Waals surface area contributed by atoms with Crippen LogP contribution in [0.3, 0.4) is 0 Å². The van der Waals surface area contributed by atoms with Gasteiger partial charge in [-0.3, -0.25) is 0 Å². The Balaban J connectivity index is 1.74. The Morgan fingerprint density at radius 2 is 1.73 bits per heavy atom. The van der Waals surface area contributed by atoms with Gasteiger partial charge in [-0.05, 0) is 24.6 Å². The number of aliphatic hydroxyl groups is 1. The van der Waals surface area contributed by atoms with E-state index >= 15 is 0 Å². The van der Waals surface area contributed by atoms with Gasteiger partial charge in [0.15, 0.2) is 0 Å². The molecule has 0 saturated heterocycles. The molecule has 2 atom stereocenters. The average molecular weight is 293 g/mol. The van der Waals surface area contributed by atoms with Gasteiger partial charge < -0.3 is 10.4 Å². The molecule has 0 aliphatic carbocycles. The van der Waals surface area contributed by atoms with Crippen LogP contribution >= 0.6 is 0 Å². The van der Waals surface area contributed by atoms with Gasteiger partial charge >= 0.3 is 0 Å². The minimum atomic E-state index is -0.490. The average Bonchev–Trinajstić information content (AvgIpc) is 2.56. The zero-order valence-electron chi connectivity index (χ0n) is 12.5. The summed E-state index contributed by atoms with van der Waals surface area (Å²) >= 11 is 0. The summed E-state index contributed by atoms with van der Waals surface area (Å²) in [6.07, 6.45) is 1.66. The van der Waals surface area contributed by atoms with Gasteiger partial charge in [-0.15, -0.1) is 0 Å². The van der Waals surface area contributed by atoms with Gasteiger partial charge in [0.25, 0.3) is 0 Å². The summed E-state index contributed by atoms with van der Waals surface area (Å²) in [6, 6.07) is 17.7. The van der Waals surface area contributed by atoms with Crippen molar-refractivity contribution in [2.45, 2.75) is 25.5 Å². The number of rotatable bonds is 5. The Hall–Kier alpha value is -2.46. The lowest BCUT2D eigenvalue weighted by Crippen LogP contribution is -2.32. The van der Waals surface area contributed by atoms with Crippen LogP contribution in [-0.4, -0.2) is 27.2 Å². The molecule has 0 radical (unpaired) electrons. The largest absolute Gasteiger partial charge is 0.391 e. The van der Waals surface area contributed by atoms with Gasteiger partial charge in [0.05, 0.1) is 17.7 Å². The molecule has 0 aliphatic heterocycles. The number of aromatic nitrogens is 2. The van der Waals surface area contributed by atoms with Crippen molar-refractivity contribution in [1.29, 1.82) is 0 Å². The number of nitrogens with zero attached hydrogens (tertiary/aromatic N) is 2. The third-order valence-corrected chi connectivity index (χ3v) is 3.77. The summed E-state index contributed by atoms with van der Waals surface area (Å²) < 4.78 is 0. The minimum absolute atomic E-state index is 0.112. The third kappa shape index (κ3) is 3.23. The molecule has 0 aliphatic rings. The van der Waals surface area contributed by atoms with Crippen LogP contribution in [0.1, 0.15) is 12.5 Å².